The molecule has 1 fully saturated rings. The molecule has 0 aromatic carbocycles. The lowest BCUT2D eigenvalue weighted by Gasteiger charge is -2.22. The van der Waals surface area contributed by atoms with Crippen molar-refractivity contribution in [3.05, 3.63) is 11.4 Å². The summed E-state index contributed by atoms with van der Waals surface area (Å²) in [6.45, 7) is 0.818. The van der Waals surface area contributed by atoms with Crippen LogP contribution in [0.2, 0.25) is 0 Å². The molecule has 0 aliphatic heterocycles. The third-order valence-corrected chi connectivity index (χ3v) is 3.52. The molecule has 0 radical (unpaired) electrons. The highest BCUT2D eigenvalue weighted by Crippen LogP contribution is 2.33. The van der Waals surface area contributed by atoms with Crippen LogP contribution in [0.5, 0.6) is 0 Å². The molecule has 0 bridgehead atoms. The molecule has 0 saturated heterocycles. The number of hydrogen-bond donors (Lipinski definition) is 2. The zero-order chi connectivity index (χ0) is 12.1. The van der Waals surface area contributed by atoms with Crippen LogP contribution in [-0.2, 0) is 13.2 Å². The number of rotatable bonds is 5. The quantitative estimate of drug-likeness (QED) is 0.810. The average Bonchev–Trinajstić information content (AvgIpc) is 2.80. The van der Waals surface area contributed by atoms with Crippen LogP contribution in [0, 0.1) is 0 Å². The first kappa shape index (κ1) is 12.5. The minimum Gasteiger partial charge on any atom is -0.396 e. The minimum absolute atomic E-state index is 0.0367. The first-order chi connectivity index (χ1) is 8.36. The molecule has 5 nitrogen and oxygen atoms in total. The molecule has 96 valence electrons. The standard InChI is InChI=1S/C12H21N3O2/c16-8-4-7-15-12(11(9-17)13-14-15)10-5-2-1-3-6-10/h10,16-17H,1-9H2. The van der Waals surface area contributed by atoms with Gasteiger partial charge in [-0.05, 0) is 19.3 Å². The van der Waals surface area contributed by atoms with E-state index in [9.17, 15) is 5.11 Å². The maximum absolute atomic E-state index is 9.32. The van der Waals surface area contributed by atoms with Gasteiger partial charge in [-0.3, -0.25) is 0 Å². The molecule has 1 aromatic rings. The van der Waals surface area contributed by atoms with E-state index in [0.717, 1.165) is 11.4 Å². The van der Waals surface area contributed by atoms with Crippen molar-refractivity contribution in [3.8, 4) is 0 Å². The van der Waals surface area contributed by atoms with E-state index < -0.39 is 0 Å². The lowest BCUT2D eigenvalue weighted by molar-refractivity contribution is 0.269. The highest BCUT2D eigenvalue weighted by molar-refractivity contribution is 5.15. The van der Waals surface area contributed by atoms with E-state index in [1.165, 1.54) is 32.1 Å². The third-order valence-electron chi connectivity index (χ3n) is 3.52. The number of hydrogen-bond acceptors (Lipinski definition) is 4. The van der Waals surface area contributed by atoms with E-state index in [0.29, 0.717) is 18.9 Å². The first-order valence-corrected chi connectivity index (χ1v) is 6.50. The van der Waals surface area contributed by atoms with Crippen LogP contribution in [0.15, 0.2) is 0 Å². The molecular formula is C12H21N3O2. The molecule has 0 unspecified atom stereocenters. The molecule has 2 N–H and O–H groups in total. The van der Waals surface area contributed by atoms with Crippen LogP contribution in [0.25, 0.3) is 0 Å². The fourth-order valence-electron chi connectivity index (χ4n) is 2.68. The summed E-state index contributed by atoms with van der Waals surface area (Å²) in [5, 5.41) is 26.3. The monoisotopic (exact) mass is 239 g/mol. The second-order valence-corrected chi connectivity index (χ2v) is 4.71. The summed E-state index contributed by atoms with van der Waals surface area (Å²) in [4.78, 5) is 0. The van der Waals surface area contributed by atoms with Crippen LogP contribution in [0.4, 0.5) is 0 Å². The largest absolute Gasteiger partial charge is 0.396 e. The second-order valence-electron chi connectivity index (χ2n) is 4.71. The Hall–Kier alpha value is -0.940. The van der Waals surface area contributed by atoms with Crippen molar-refractivity contribution in [3.63, 3.8) is 0 Å². The van der Waals surface area contributed by atoms with Crippen LogP contribution in [0.1, 0.15) is 55.8 Å². The number of aliphatic hydroxyl groups excluding tert-OH is 2. The molecule has 2 rings (SSSR count). The number of aliphatic hydroxyl groups is 2. The van der Waals surface area contributed by atoms with Crippen molar-refractivity contribution in [1.29, 1.82) is 0 Å². The van der Waals surface area contributed by atoms with Gasteiger partial charge in [0.1, 0.15) is 5.69 Å². The zero-order valence-electron chi connectivity index (χ0n) is 10.2. The molecule has 0 amide bonds. The Bertz CT molecular complexity index is 346. The summed E-state index contributed by atoms with van der Waals surface area (Å²) in [5.74, 6) is 0.486. The van der Waals surface area contributed by atoms with E-state index in [1.807, 2.05) is 4.68 Å². The van der Waals surface area contributed by atoms with Gasteiger partial charge in [0.25, 0.3) is 0 Å². The van der Waals surface area contributed by atoms with E-state index in [4.69, 9.17) is 5.11 Å². The molecule has 1 saturated carbocycles. The predicted octanol–water partition coefficient (Wildman–Crippen LogP) is 1.20. The van der Waals surface area contributed by atoms with Gasteiger partial charge in [-0.25, -0.2) is 4.68 Å². The van der Waals surface area contributed by atoms with Crippen molar-refractivity contribution in [1.82, 2.24) is 15.0 Å². The molecule has 0 spiro atoms. The molecule has 17 heavy (non-hydrogen) atoms. The van der Waals surface area contributed by atoms with Gasteiger partial charge in [0.2, 0.25) is 0 Å². The number of aryl methyl sites for hydroxylation is 1. The van der Waals surface area contributed by atoms with Gasteiger partial charge in [-0.1, -0.05) is 24.5 Å². The Morgan fingerprint density at radius 2 is 1.94 bits per heavy atom. The van der Waals surface area contributed by atoms with E-state index >= 15 is 0 Å². The van der Waals surface area contributed by atoms with Crippen molar-refractivity contribution >= 4 is 0 Å². The maximum atomic E-state index is 9.32. The SMILES string of the molecule is OCCCn1nnc(CO)c1C1CCCCC1. The van der Waals surface area contributed by atoms with Crippen LogP contribution < -0.4 is 0 Å². The van der Waals surface area contributed by atoms with E-state index in [2.05, 4.69) is 10.3 Å². The third kappa shape index (κ3) is 2.84. The molecule has 5 heteroatoms. The Balaban J connectivity index is 2.17. The molecule has 0 atom stereocenters. The minimum atomic E-state index is -0.0367. The van der Waals surface area contributed by atoms with Gasteiger partial charge in [0, 0.05) is 19.1 Å². The molecule has 1 aromatic heterocycles. The number of nitrogens with zero attached hydrogens (tertiary/aromatic N) is 3. The lowest BCUT2D eigenvalue weighted by Crippen LogP contribution is -2.14. The molecule has 1 aliphatic carbocycles. The second kappa shape index (κ2) is 6.12. The number of aromatic nitrogens is 3. The smallest absolute Gasteiger partial charge is 0.112 e. The topological polar surface area (TPSA) is 71.2 Å². The fraction of sp³-hybridized carbons (Fsp3) is 0.833. The Labute approximate surface area is 101 Å². The Morgan fingerprint density at radius 1 is 1.18 bits per heavy atom. The average molecular weight is 239 g/mol. The summed E-state index contributed by atoms with van der Waals surface area (Å²) < 4.78 is 1.87. The highest BCUT2D eigenvalue weighted by atomic mass is 16.3. The van der Waals surface area contributed by atoms with E-state index in [1.54, 1.807) is 0 Å². The van der Waals surface area contributed by atoms with Crippen molar-refractivity contribution < 1.29 is 10.2 Å². The summed E-state index contributed by atoms with van der Waals surface area (Å²) in [6.07, 6.45) is 6.83. The van der Waals surface area contributed by atoms with Gasteiger partial charge in [0.15, 0.2) is 0 Å². The normalized spacial score (nSPS) is 17.5. The molecular weight excluding hydrogens is 218 g/mol. The van der Waals surface area contributed by atoms with Gasteiger partial charge in [0.05, 0.1) is 12.3 Å². The maximum Gasteiger partial charge on any atom is 0.112 e. The summed E-state index contributed by atoms with van der Waals surface area (Å²) >= 11 is 0. The van der Waals surface area contributed by atoms with Gasteiger partial charge in [-0.15, -0.1) is 5.10 Å². The van der Waals surface area contributed by atoms with Crippen molar-refractivity contribution in [2.45, 2.75) is 57.6 Å². The zero-order valence-corrected chi connectivity index (χ0v) is 10.2. The van der Waals surface area contributed by atoms with Gasteiger partial charge >= 0.3 is 0 Å². The predicted molar refractivity (Wildman–Crippen MR) is 63.5 cm³/mol. The molecule has 1 heterocycles. The van der Waals surface area contributed by atoms with Crippen molar-refractivity contribution in [2.24, 2.45) is 0 Å². The first-order valence-electron chi connectivity index (χ1n) is 6.50. The summed E-state index contributed by atoms with van der Waals surface area (Å²) in [5.41, 5.74) is 1.82. The highest BCUT2D eigenvalue weighted by Gasteiger charge is 2.23. The van der Waals surface area contributed by atoms with E-state index in [-0.39, 0.29) is 13.2 Å². The fourth-order valence-corrected chi connectivity index (χ4v) is 2.68. The van der Waals surface area contributed by atoms with Crippen LogP contribution >= 0.6 is 0 Å². The summed E-state index contributed by atoms with van der Waals surface area (Å²) in [7, 11) is 0. The Morgan fingerprint density at radius 3 is 2.59 bits per heavy atom. The van der Waals surface area contributed by atoms with Gasteiger partial charge < -0.3 is 10.2 Å². The Kier molecular flexibility index (Phi) is 4.50. The lowest BCUT2D eigenvalue weighted by atomic mass is 9.86. The van der Waals surface area contributed by atoms with Crippen LogP contribution in [0.3, 0.4) is 0 Å². The summed E-state index contributed by atoms with van der Waals surface area (Å²) in [6, 6.07) is 0. The molecule has 1 aliphatic rings. The van der Waals surface area contributed by atoms with Gasteiger partial charge in [-0.2, -0.15) is 0 Å². The van der Waals surface area contributed by atoms with Crippen LogP contribution in [-0.4, -0.2) is 31.8 Å². The van der Waals surface area contributed by atoms with Crippen molar-refractivity contribution in [2.75, 3.05) is 6.61 Å².